The Hall–Kier alpha value is 1.28. The summed E-state index contributed by atoms with van der Waals surface area (Å²) in [5.41, 5.74) is 0. The first-order valence-electron chi connectivity index (χ1n) is 14.0. The van der Waals surface area contributed by atoms with Gasteiger partial charge in [-0.25, -0.2) is 0 Å². The predicted molar refractivity (Wildman–Crippen MR) is 202 cm³/mol. The molecule has 0 rings (SSSR count). The third-order valence-electron chi connectivity index (χ3n) is 4.69. The molecule has 0 bridgehead atoms. The summed E-state index contributed by atoms with van der Waals surface area (Å²) in [5.74, 6) is 0. The van der Waals surface area contributed by atoms with Crippen molar-refractivity contribution in [1.29, 1.82) is 0 Å². The molecule has 0 aromatic rings. The van der Waals surface area contributed by atoms with Crippen molar-refractivity contribution in [3.8, 4) is 0 Å². The van der Waals surface area contributed by atoms with Gasteiger partial charge in [-0.15, -0.1) is 0 Å². The monoisotopic (exact) mass is 636 g/mol. The Balaban J connectivity index is -0.0000000553. The Morgan fingerprint density at radius 2 is 0.833 bits per heavy atom. The number of nitrogens with zero attached hydrogens (tertiary/aromatic N) is 3. The maximum absolute atomic E-state index is 3.24. The van der Waals surface area contributed by atoms with Gasteiger partial charge in [0.2, 0.25) is 0 Å². The summed E-state index contributed by atoms with van der Waals surface area (Å²) in [6, 6.07) is 0. The van der Waals surface area contributed by atoms with E-state index in [0.29, 0.717) is 9.52 Å². The number of hydrogen-bond donors (Lipinski definition) is 3. The van der Waals surface area contributed by atoms with E-state index in [9.17, 15) is 0 Å². The van der Waals surface area contributed by atoms with E-state index in [1.165, 1.54) is 0 Å². The van der Waals surface area contributed by atoms with Crippen LogP contribution in [-0.4, -0.2) is 140 Å². The van der Waals surface area contributed by atoms with E-state index in [2.05, 4.69) is 163 Å². The number of rotatable bonds is 6. The second-order valence-electron chi connectivity index (χ2n) is 11.9. The van der Waals surface area contributed by atoms with Crippen LogP contribution in [0, 0.1) is 0 Å². The summed E-state index contributed by atoms with van der Waals surface area (Å²) in [7, 11) is 17.0. The quantitative estimate of drug-likeness (QED) is 0.390. The highest BCUT2D eigenvalue weighted by molar-refractivity contribution is 6.73. The molecule has 36 heavy (non-hydrogen) atoms. The molecule has 0 saturated carbocycles. The van der Waals surface area contributed by atoms with Crippen molar-refractivity contribution < 1.29 is 0 Å². The minimum atomic E-state index is -0.901. The van der Waals surface area contributed by atoms with Crippen LogP contribution >= 0.6 is 0 Å². The van der Waals surface area contributed by atoms with Gasteiger partial charge in [0, 0.05) is 9.52 Å². The van der Waals surface area contributed by atoms with E-state index in [1.807, 2.05) is 21.1 Å². The average molecular weight is 638 g/mol. The zero-order chi connectivity index (χ0) is 31.1. The van der Waals surface area contributed by atoms with Gasteiger partial charge in [-0.1, -0.05) is 91.7 Å². The average Bonchev–Trinajstić information content (AvgIpc) is 2.74. The molecule has 0 saturated heterocycles. The smallest absolute Gasteiger partial charge is 0.118 e. The highest BCUT2D eigenvalue weighted by Crippen LogP contribution is 2.01. The summed E-state index contributed by atoms with van der Waals surface area (Å²) >= 11 is 0. The van der Waals surface area contributed by atoms with Crippen LogP contribution in [0.3, 0.4) is 0 Å². The summed E-state index contributed by atoms with van der Waals surface area (Å²) in [6.45, 7) is 31.9. The molecule has 0 spiro atoms. The molecule has 0 aromatic heterocycles. The van der Waals surface area contributed by atoms with Crippen LogP contribution in [0.25, 0.3) is 0 Å². The van der Waals surface area contributed by atoms with Gasteiger partial charge < -0.3 is 28.6 Å². The van der Waals surface area contributed by atoms with E-state index < -0.39 is 34.4 Å². The molecular weight excluding hydrogens is 557 g/mol. The lowest BCUT2D eigenvalue weighted by atomic mass is 11.3. The van der Waals surface area contributed by atoms with E-state index in [-0.39, 0.29) is 19.4 Å². The Bertz CT molecular complexity index is 335. The van der Waals surface area contributed by atoms with Gasteiger partial charge in [0.1, 0.15) is 34.4 Å². The molecule has 0 heterocycles. The molecule has 0 aliphatic carbocycles. The molecule has 230 valence electrons. The molecule has 0 unspecified atom stereocenters. The first-order chi connectivity index (χ1) is 16.0. The van der Waals surface area contributed by atoms with Crippen molar-refractivity contribution >= 4 is 63.3 Å². The molecule has 0 amide bonds. The van der Waals surface area contributed by atoms with Gasteiger partial charge in [0.15, 0.2) is 0 Å². The summed E-state index contributed by atoms with van der Waals surface area (Å²) in [4.78, 5) is 9.48. The summed E-state index contributed by atoms with van der Waals surface area (Å²) in [6.07, 6.45) is 0. The van der Waals surface area contributed by atoms with Crippen LogP contribution in [0.5, 0.6) is 0 Å². The van der Waals surface area contributed by atoms with Crippen LogP contribution in [0.1, 0.15) is 0 Å². The fourth-order valence-corrected chi connectivity index (χ4v) is 0. The highest BCUT2D eigenvalue weighted by atomic mass is 28.3. The van der Waals surface area contributed by atoms with Crippen molar-refractivity contribution in [1.82, 2.24) is 28.6 Å². The molecule has 0 aliphatic heterocycles. The lowest BCUT2D eigenvalue weighted by Gasteiger charge is -2.24. The summed E-state index contributed by atoms with van der Waals surface area (Å²) < 4.78 is 6.90. The van der Waals surface area contributed by atoms with Crippen LogP contribution < -0.4 is 14.9 Å². The molecule has 0 aromatic carbocycles. The molecule has 6 nitrogen and oxygen atoms in total. The summed E-state index contributed by atoms with van der Waals surface area (Å²) in [5, 5.41) is 0. The minimum absolute atomic E-state index is 0.174. The minimum Gasteiger partial charge on any atom is -0.345 e. The van der Waals surface area contributed by atoms with Crippen molar-refractivity contribution in [2.24, 2.45) is 0 Å². The molecule has 0 fully saturated rings. The van der Waals surface area contributed by atoms with Crippen LogP contribution in [-0.2, 0) is 0 Å². The molecule has 0 aliphatic rings. The largest absolute Gasteiger partial charge is 0.345 e. The number of hydrogen-bond acceptors (Lipinski definition) is 6. The number of nitrogens with one attached hydrogen (secondary N) is 3. The zero-order valence-electron chi connectivity index (χ0n) is 30.1. The lowest BCUT2D eigenvalue weighted by Crippen LogP contribution is -2.39. The van der Waals surface area contributed by atoms with Gasteiger partial charge in [-0.3, -0.25) is 0 Å². The second-order valence-corrected chi connectivity index (χ2v) is 32.9. The van der Waals surface area contributed by atoms with Crippen molar-refractivity contribution in [2.75, 3.05) is 63.4 Å². The third kappa shape index (κ3) is 112. The van der Waals surface area contributed by atoms with Gasteiger partial charge in [0.05, 0.1) is 19.4 Å². The van der Waals surface area contributed by atoms with E-state index >= 15 is 0 Å². The first kappa shape index (κ1) is 53.5. The standard InChI is InChI=1S/C5H15NSi.2C4H13NSi.2C3H11NSi.C2H9NSi.C2H8Si/c1-6(2)7(3,4)5;1-5-6(2,3)4;1-5(2)6(3)4;1-4-5(2)3;1-4(2)5-3;1-3-4-2;1-3-2/h1-5H3;5H,1-4H3;6H,1-4H3;4-5H,1-3H3;5H2,1-3H3;3H,4H2,1-2H3;3H2,1-2H3. The topological polar surface area (TPSA) is 45.8 Å². The van der Waals surface area contributed by atoms with Gasteiger partial charge >= 0.3 is 0 Å². The van der Waals surface area contributed by atoms with Crippen LogP contribution in [0.15, 0.2) is 0 Å². The SMILES string of the molecule is CN(C)[SiH](C)C.CN(C)[Si](C)(C)C.CN[SiH2]C.CN[SiH](C)C.CN[Si](C)(C)C.C[SiH2]C.C[SiH2]N(C)C. The Kier molecular flexibility index (Phi) is 57.1. The van der Waals surface area contributed by atoms with E-state index in [4.69, 9.17) is 0 Å². The maximum atomic E-state index is 3.24. The Labute approximate surface area is 246 Å². The van der Waals surface area contributed by atoms with Crippen molar-refractivity contribution in [3.63, 3.8) is 0 Å². The lowest BCUT2D eigenvalue weighted by molar-refractivity contribution is 0.627. The molecule has 13 heteroatoms. The van der Waals surface area contributed by atoms with Crippen LogP contribution in [0.4, 0.5) is 0 Å². The molecular formula is C23H80N6Si7. The third-order valence-corrected chi connectivity index (χ3v) is 14.1. The van der Waals surface area contributed by atoms with E-state index in [1.54, 1.807) is 0 Å². The fourth-order valence-electron chi connectivity index (χ4n) is 0. The maximum Gasteiger partial charge on any atom is 0.118 e. The fraction of sp³-hybridized carbons (Fsp3) is 1.00. The molecule has 0 radical (unpaired) electrons. The van der Waals surface area contributed by atoms with Crippen molar-refractivity contribution in [2.45, 2.75) is 91.7 Å². The van der Waals surface area contributed by atoms with Gasteiger partial charge in [0.25, 0.3) is 0 Å². The van der Waals surface area contributed by atoms with Crippen LogP contribution in [0.2, 0.25) is 91.7 Å². The normalized spacial score (nSPS) is 11.0. The second kappa shape index (κ2) is 38.4. The van der Waals surface area contributed by atoms with Gasteiger partial charge in [-0.05, 0) is 63.4 Å². The zero-order valence-corrected chi connectivity index (χ0v) is 38.7. The Morgan fingerprint density at radius 3 is 0.833 bits per heavy atom. The van der Waals surface area contributed by atoms with E-state index in [0.717, 1.165) is 0 Å². The predicted octanol–water partition coefficient (Wildman–Crippen LogP) is 2.41. The first-order valence-corrected chi connectivity index (χ1v) is 33.7. The van der Waals surface area contributed by atoms with Crippen molar-refractivity contribution in [3.05, 3.63) is 0 Å². The molecule has 0 atom stereocenters. The Morgan fingerprint density at radius 1 is 0.667 bits per heavy atom. The molecule has 3 N–H and O–H groups in total. The van der Waals surface area contributed by atoms with Gasteiger partial charge in [-0.2, -0.15) is 0 Å². The highest BCUT2D eigenvalue weighted by Gasteiger charge is 2.14.